The van der Waals surface area contributed by atoms with Crippen molar-refractivity contribution in [1.82, 2.24) is 4.90 Å². The standard InChI is InChI=1S/C10H13ClN2O/c1-13(2)7-12-9-5-4-8(11)6-10(9)14-3/h4-7H,1-3H3. The molecule has 0 radical (unpaired) electrons. The quantitative estimate of drug-likeness (QED) is 0.568. The van der Waals surface area contributed by atoms with Gasteiger partial charge in [0.25, 0.3) is 0 Å². The number of rotatable bonds is 3. The lowest BCUT2D eigenvalue weighted by Crippen LogP contribution is -2.07. The smallest absolute Gasteiger partial charge is 0.146 e. The van der Waals surface area contributed by atoms with E-state index >= 15 is 0 Å². The molecule has 1 aromatic rings. The minimum absolute atomic E-state index is 0.644. The molecule has 0 N–H and O–H groups in total. The first-order valence-electron chi connectivity index (χ1n) is 4.17. The van der Waals surface area contributed by atoms with Gasteiger partial charge in [0.1, 0.15) is 11.4 Å². The summed E-state index contributed by atoms with van der Waals surface area (Å²) < 4.78 is 5.14. The molecule has 0 fully saturated rings. The van der Waals surface area contributed by atoms with E-state index in [1.54, 1.807) is 25.6 Å². The number of methoxy groups -OCH3 is 1. The number of aliphatic imine (C=N–C) groups is 1. The zero-order valence-corrected chi connectivity index (χ0v) is 9.25. The van der Waals surface area contributed by atoms with Gasteiger partial charge < -0.3 is 9.64 Å². The van der Waals surface area contributed by atoms with E-state index < -0.39 is 0 Å². The van der Waals surface area contributed by atoms with Gasteiger partial charge in [-0.3, -0.25) is 0 Å². The van der Waals surface area contributed by atoms with E-state index in [1.165, 1.54) is 0 Å². The van der Waals surface area contributed by atoms with E-state index in [9.17, 15) is 0 Å². The average Bonchev–Trinajstić information content (AvgIpc) is 2.15. The Balaban J connectivity index is 2.96. The Bertz CT molecular complexity index is 337. The third kappa shape index (κ3) is 2.92. The summed E-state index contributed by atoms with van der Waals surface area (Å²) in [5, 5.41) is 0.644. The Morgan fingerprint density at radius 2 is 2.14 bits per heavy atom. The van der Waals surface area contributed by atoms with Gasteiger partial charge in [-0.15, -0.1) is 0 Å². The first kappa shape index (κ1) is 10.9. The molecule has 0 saturated heterocycles. The summed E-state index contributed by atoms with van der Waals surface area (Å²) in [6, 6.07) is 5.34. The second-order valence-corrected chi connectivity index (χ2v) is 3.46. The van der Waals surface area contributed by atoms with Crippen molar-refractivity contribution in [3.05, 3.63) is 23.2 Å². The Morgan fingerprint density at radius 1 is 1.43 bits per heavy atom. The maximum Gasteiger partial charge on any atom is 0.146 e. The maximum atomic E-state index is 5.82. The molecular weight excluding hydrogens is 200 g/mol. The van der Waals surface area contributed by atoms with Crippen molar-refractivity contribution in [3.63, 3.8) is 0 Å². The van der Waals surface area contributed by atoms with Crippen LogP contribution in [0.15, 0.2) is 23.2 Å². The minimum atomic E-state index is 0.644. The number of halogens is 1. The van der Waals surface area contributed by atoms with Gasteiger partial charge in [-0.25, -0.2) is 4.99 Å². The SMILES string of the molecule is COc1cc(Cl)ccc1N=CN(C)C. The molecular formula is C10H13ClN2O. The maximum absolute atomic E-state index is 5.82. The van der Waals surface area contributed by atoms with E-state index in [2.05, 4.69) is 4.99 Å². The van der Waals surface area contributed by atoms with Gasteiger partial charge in [0, 0.05) is 25.2 Å². The van der Waals surface area contributed by atoms with Crippen molar-refractivity contribution >= 4 is 23.6 Å². The first-order valence-corrected chi connectivity index (χ1v) is 4.55. The predicted octanol–water partition coefficient (Wildman–Crippen LogP) is 2.57. The second-order valence-electron chi connectivity index (χ2n) is 3.02. The molecule has 0 spiro atoms. The molecule has 3 nitrogen and oxygen atoms in total. The van der Waals surface area contributed by atoms with Crippen molar-refractivity contribution < 1.29 is 4.74 Å². The Morgan fingerprint density at radius 3 is 2.71 bits per heavy atom. The summed E-state index contributed by atoms with van der Waals surface area (Å²) in [6.45, 7) is 0. The number of nitrogens with zero attached hydrogens (tertiary/aromatic N) is 2. The zero-order chi connectivity index (χ0) is 10.6. The van der Waals surface area contributed by atoms with Crippen LogP contribution in [-0.4, -0.2) is 32.4 Å². The van der Waals surface area contributed by atoms with E-state index in [0.29, 0.717) is 10.8 Å². The van der Waals surface area contributed by atoms with Crippen molar-refractivity contribution in [2.24, 2.45) is 4.99 Å². The summed E-state index contributed by atoms with van der Waals surface area (Å²) >= 11 is 5.82. The lowest BCUT2D eigenvalue weighted by molar-refractivity contribution is 0.416. The molecule has 0 aliphatic carbocycles. The monoisotopic (exact) mass is 212 g/mol. The van der Waals surface area contributed by atoms with Crippen LogP contribution in [-0.2, 0) is 0 Å². The summed E-state index contributed by atoms with van der Waals surface area (Å²) in [6.07, 6.45) is 1.71. The molecule has 0 aromatic heterocycles. The average molecular weight is 213 g/mol. The highest BCUT2D eigenvalue weighted by atomic mass is 35.5. The summed E-state index contributed by atoms with van der Waals surface area (Å²) in [5.74, 6) is 0.676. The molecule has 0 unspecified atom stereocenters. The van der Waals surface area contributed by atoms with E-state index in [-0.39, 0.29) is 0 Å². The molecule has 0 saturated carbocycles. The molecule has 0 bridgehead atoms. The third-order valence-electron chi connectivity index (χ3n) is 1.57. The van der Waals surface area contributed by atoms with Gasteiger partial charge in [0.15, 0.2) is 0 Å². The van der Waals surface area contributed by atoms with Crippen LogP contribution in [0.2, 0.25) is 5.02 Å². The van der Waals surface area contributed by atoms with E-state index in [0.717, 1.165) is 5.69 Å². The number of ether oxygens (including phenoxy) is 1. The van der Waals surface area contributed by atoms with E-state index in [4.69, 9.17) is 16.3 Å². The highest BCUT2D eigenvalue weighted by molar-refractivity contribution is 6.30. The van der Waals surface area contributed by atoms with Gasteiger partial charge in [0.2, 0.25) is 0 Å². The van der Waals surface area contributed by atoms with Crippen LogP contribution >= 0.6 is 11.6 Å². The van der Waals surface area contributed by atoms with Gasteiger partial charge in [0.05, 0.1) is 13.4 Å². The molecule has 14 heavy (non-hydrogen) atoms. The van der Waals surface area contributed by atoms with Crippen LogP contribution in [0.1, 0.15) is 0 Å². The fourth-order valence-electron chi connectivity index (χ4n) is 0.936. The Labute approximate surface area is 89.0 Å². The molecule has 0 heterocycles. The molecule has 4 heteroatoms. The summed E-state index contributed by atoms with van der Waals surface area (Å²) in [4.78, 5) is 6.09. The number of hydrogen-bond acceptors (Lipinski definition) is 2. The highest BCUT2D eigenvalue weighted by Gasteiger charge is 2.00. The van der Waals surface area contributed by atoms with Crippen molar-refractivity contribution in [3.8, 4) is 5.75 Å². The fourth-order valence-corrected chi connectivity index (χ4v) is 1.10. The number of benzene rings is 1. The fraction of sp³-hybridized carbons (Fsp3) is 0.300. The van der Waals surface area contributed by atoms with E-state index in [1.807, 2.05) is 25.1 Å². The lowest BCUT2D eigenvalue weighted by Gasteiger charge is -2.06. The van der Waals surface area contributed by atoms with Crippen LogP contribution in [0.3, 0.4) is 0 Å². The molecule has 1 aromatic carbocycles. The Kier molecular flexibility index (Phi) is 3.77. The zero-order valence-electron chi connectivity index (χ0n) is 8.49. The summed E-state index contributed by atoms with van der Waals surface area (Å²) in [5.41, 5.74) is 0.769. The van der Waals surface area contributed by atoms with Crippen LogP contribution < -0.4 is 4.74 Å². The molecule has 0 aliphatic heterocycles. The van der Waals surface area contributed by atoms with Crippen molar-refractivity contribution in [2.75, 3.05) is 21.2 Å². The van der Waals surface area contributed by atoms with Crippen LogP contribution in [0.4, 0.5) is 5.69 Å². The molecule has 0 atom stereocenters. The first-order chi connectivity index (χ1) is 6.63. The number of hydrogen-bond donors (Lipinski definition) is 0. The van der Waals surface area contributed by atoms with Gasteiger partial charge in [-0.05, 0) is 12.1 Å². The normalized spacial score (nSPS) is 10.6. The lowest BCUT2D eigenvalue weighted by atomic mass is 10.3. The van der Waals surface area contributed by atoms with Crippen molar-refractivity contribution in [1.29, 1.82) is 0 Å². The molecule has 76 valence electrons. The van der Waals surface area contributed by atoms with Crippen LogP contribution in [0.25, 0.3) is 0 Å². The molecule has 0 aliphatic rings. The Hall–Kier alpha value is -1.22. The topological polar surface area (TPSA) is 24.8 Å². The van der Waals surface area contributed by atoms with Crippen LogP contribution in [0, 0.1) is 0 Å². The second kappa shape index (κ2) is 4.86. The highest BCUT2D eigenvalue weighted by Crippen LogP contribution is 2.29. The van der Waals surface area contributed by atoms with Crippen LogP contribution in [0.5, 0.6) is 5.75 Å². The van der Waals surface area contributed by atoms with Gasteiger partial charge in [-0.1, -0.05) is 11.6 Å². The predicted molar refractivity (Wildman–Crippen MR) is 59.8 cm³/mol. The largest absolute Gasteiger partial charge is 0.494 e. The van der Waals surface area contributed by atoms with Crippen molar-refractivity contribution in [2.45, 2.75) is 0 Å². The van der Waals surface area contributed by atoms with Gasteiger partial charge >= 0.3 is 0 Å². The minimum Gasteiger partial charge on any atom is -0.494 e. The third-order valence-corrected chi connectivity index (χ3v) is 1.80. The molecule has 1 rings (SSSR count). The molecule has 0 amide bonds. The van der Waals surface area contributed by atoms with Gasteiger partial charge in [-0.2, -0.15) is 0 Å². The summed E-state index contributed by atoms with van der Waals surface area (Å²) in [7, 11) is 5.41.